The Morgan fingerprint density at radius 3 is 2.68 bits per heavy atom. The average Bonchev–Trinajstić information content (AvgIpc) is 3.23. The third-order valence-electron chi connectivity index (χ3n) is 6.19. The molecule has 0 amide bonds. The molecule has 4 aromatic rings. The maximum absolute atomic E-state index is 5.60. The Balaban J connectivity index is 1.47. The number of aryl methyl sites for hydroxylation is 1. The smallest absolute Gasteiger partial charge is 0.279 e. The van der Waals surface area contributed by atoms with Crippen LogP contribution < -0.4 is 9.88 Å². The fraction of sp³-hybridized carbons (Fsp3) is 0.391. The first-order valence-corrected chi connectivity index (χ1v) is 12.7. The second kappa shape index (κ2) is 8.33. The molecule has 3 aromatic heterocycles. The van der Waals surface area contributed by atoms with Crippen LogP contribution in [-0.2, 0) is 23.3 Å². The fourth-order valence-corrected chi connectivity index (χ4v) is 6.85. The zero-order valence-electron chi connectivity index (χ0n) is 17.3. The number of aromatic amines is 1. The third kappa shape index (κ3) is 3.56. The molecule has 1 aliphatic carbocycles. The van der Waals surface area contributed by atoms with Crippen LogP contribution in [0.1, 0.15) is 29.5 Å². The van der Waals surface area contributed by atoms with Crippen molar-refractivity contribution in [2.45, 2.75) is 36.5 Å². The summed E-state index contributed by atoms with van der Waals surface area (Å²) in [6.07, 6.45) is 4.72. The van der Waals surface area contributed by atoms with Crippen molar-refractivity contribution in [3.05, 3.63) is 47.0 Å². The lowest BCUT2D eigenvalue weighted by atomic mass is 9.90. The van der Waals surface area contributed by atoms with Crippen molar-refractivity contribution < 1.29 is 9.72 Å². The van der Waals surface area contributed by atoms with Crippen molar-refractivity contribution in [3.8, 4) is 0 Å². The van der Waals surface area contributed by atoms with Gasteiger partial charge in [0.25, 0.3) is 5.82 Å². The number of hydrogen-bond donors (Lipinski definition) is 0. The SMILES string of the molecule is c1ccc(CSc2nnnc3c2sc2[nH+]c(N4CCOCC4)c4c(c23)CCCC4)cc1. The van der Waals surface area contributed by atoms with Crippen LogP contribution in [0.3, 0.4) is 0 Å². The van der Waals surface area contributed by atoms with Gasteiger partial charge in [-0.15, -0.1) is 10.2 Å². The Labute approximate surface area is 189 Å². The molecular weight excluding hydrogens is 426 g/mol. The summed E-state index contributed by atoms with van der Waals surface area (Å²) in [6.45, 7) is 3.48. The van der Waals surface area contributed by atoms with Gasteiger partial charge in [0.2, 0.25) is 0 Å². The average molecular weight is 451 g/mol. The first kappa shape index (κ1) is 19.4. The van der Waals surface area contributed by atoms with Gasteiger partial charge < -0.3 is 4.74 Å². The predicted octanol–water partition coefficient (Wildman–Crippen LogP) is 4.06. The molecule has 0 radical (unpaired) electrons. The molecule has 0 saturated carbocycles. The zero-order chi connectivity index (χ0) is 20.6. The largest absolute Gasteiger partial charge is 0.373 e. The molecule has 0 bridgehead atoms. The van der Waals surface area contributed by atoms with E-state index in [-0.39, 0.29) is 0 Å². The molecule has 0 atom stereocenters. The van der Waals surface area contributed by atoms with Crippen molar-refractivity contribution in [3.63, 3.8) is 0 Å². The lowest BCUT2D eigenvalue weighted by Gasteiger charge is -2.25. The summed E-state index contributed by atoms with van der Waals surface area (Å²) >= 11 is 3.52. The Bertz CT molecular complexity index is 1240. The highest BCUT2D eigenvalue weighted by molar-refractivity contribution is 7.98. The highest BCUT2D eigenvalue weighted by Crippen LogP contribution is 2.41. The van der Waals surface area contributed by atoms with Gasteiger partial charge in [-0.3, -0.25) is 4.90 Å². The Kier molecular flexibility index (Phi) is 5.21. The number of fused-ring (bicyclic) bond motifs is 5. The van der Waals surface area contributed by atoms with E-state index in [2.05, 4.69) is 55.6 Å². The van der Waals surface area contributed by atoms with Crippen molar-refractivity contribution in [2.24, 2.45) is 0 Å². The van der Waals surface area contributed by atoms with Gasteiger partial charge in [0.1, 0.15) is 23.6 Å². The minimum atomic E-state index is 0.794. The molecule has 4 heterocycles. The second-order valence-corrected chi connectivity index (χ2v) is 10.1. The highest BCUT2D eigenvalue weighted by Gasteiger charge is 2.30. The van der Waals surface area contributed by atoms with Crippen LogP contribution in [0, 0.1) is 0 Å². The molecule has 2 aliphatic rings. The van der Waals surface area contributed by atoms with Crippen molar-refractivity contribution >= 4 is 49.3 Å². The molecule has 1 aromatic carbocycles. The Morgan fingerprint density at radius 1 is 1.03 bits per heavy atom. The number of morpholine rings is 1. The van der Waals surface area contributed by atoms with E-state index in [0.29, 0.717) is 0 Å². The number of aromatic nitrogens is 4. The molecule has 1 aliphatic heterocycles. The summed E-state index contributed by atoms with van der Waals surface area (Å²) in [6, 6.07) is 10.5. The van der Waals surface area contributed by atoms with Crippen LogP contribution in [0.15, 0.2) is 35.4 Å². The number of nitrogens with zero attached hydrogens (tertiary/aromatic N) is 4. The number of ether oxygens (including phenoxy) is 1. The Morgan fingerprint density at radius 2 is 1.84 bits per heavy atom. The Hall–Kier alpha value is -2.29. The van der Waals surface area contributed by atoms with Crippen LogP contribution in [-0.4, -0.2) is 41.7 Å². The topological polar surface area (TPSA) is 65.3 Å². The molecule has 6 nitrogen and oxygen atoms in total. The maximum Gasteiger partial charge on any atom is 0.279 e. The van der Waals surface area contributed by atoms with E-state index in [1.165, 1.54) is 45.6 Å². The molecule has 158 valence electrons. The fourth-order valence-electron chi connectivity index (χ4n) is 4.69. The molecule has 31 heavy (non-hydrogen) atoms. The van der Waals surface area contributed by atoms with Gasteiger partial charge in [-0.2, -0.15) is 0 Å². The summed E-state index contributed by atoms with van der Waals surface area (Å²) in [7, 11) is 0. The van der Waals surface area contributed by atoms with E-state index in [9.17, 15) is 0 Å². The van der Waals surface area contributed by atoms with E-state index < -0.39 is 0 Å². The summed E-state index contributed by atoms with van der Waals surface area (Å²) < 4.78 is 6.74. The van der Waals surface area contributed by atoms with Crippen molar-refractivity contribution in [1.29, 1.82) is 0 Å². The van der Waals surface area contributed by atoms with Gasteiger partial charge in [0.05, 0.1) is 23.3 Å². The van der Waals surface area contributed by atoms with E-state index in [1.807, 2.05) is 0 Å². The number of nitrogens with one attached hydrogen (secondary N) is 1. The van der Waals surface area contributed by atoms with Crippen LogP contribution in [0.5, 0.6) is 0 Å². The number of anilines is 1. The molecule has 0 spiro atoms. The second-order valence-electron chi connectivity index (χ2n) is 8.09. The van der Waals surface area contributed by atoms with E-state index >= 15 is 0 Å². The van der Waals surface area contributed by atoms with Crippen LogP contribution in [0.25, 0.3) is 20.4 Å². The zero-order valence-corrected chi connectivity index (χ0v) is 18.9. The summed E-state index contributed by atoms with van der Waals surface area (Å²) in [5.41, 5.74) is 5.23. The van der Waals surface area contributed by atoms with Gasteiger partial charge in [0, 0.05) is 11.3 Å². The van der Waals surface area contributed by atoms with Gasteiger partial charge in [-0.25, -0.2) is 4.98 Å². The molecule has 8 heteroatoms. The van der Waals surface area contributed by atoms with Crippen LogP contribution in [0.2, 0.25) is 0 Å². The lowest BCUT2D eigenvalue weighted by molar-refractivity contribution is -0.328. The molecule has 1 fully saturated rings. The number of benzene rings is 1. The molecule has 1 saturated heterocycles. The van der Waals surface area contributed by atoms with Gasteiger partial charge >= 0.3 is 0 Å². The monoisotopic (exact) mass is 450 g/mol. The maximum atomic E-state index is 5.60. The number of thioether (sulfide) groups is 1. The van der Waals surface area contributed by atoms with Crippen LogP contribution >= 0.6 is 23.1 Å². The normalized spacial score (nSPS) is 16.7. The van der Waals surface area contributed by atoms with E-state index in [4.69, 9.17) is 4.74 Å². The number of rotatable bonds is 4. The van der Waals surface area contributed by atoms with E-state index in [1.54, 1.807) is 23.1 Å². The minimum absolute atomic E-state index is 0.794. The van der Waals surface area contributed by atoms with E-state index in [0.717, 1.165) is 60.1 Å². The molecule has 6 rings (SSSR count). The molecule has 0 unspecified atom stereocenters. The first-order valence-electron chi connectivity index (χ1n) is 10.9. The summed E-state index contributed by atoms with van der Waals surface area (Å²) in [5, 5.41) is 15.3. The summed E-state index contributed by atoms with van der Waals surface area (Å²) in [4.78, 5) is 7.46. The number of hydrogen-bond acceptors (Lipinski definition) is 7. The first-order chi connectivity index (χ1) is 15.4. The quantitative estimate of drug-likeness (QED) is 0.437. The van der Waals surface area contributed by atoms with Gasteiger partial charge in [-0.1, -0.05) is 53.4 Å². The van der Waals surface area contributed by atoms with Crippen molar-refractivity contribution in [2.75, 3.05) is 31.2 Å². The highest BCUT2D eigenvalue weighted by atomic mass is 32.2. The lowest BCUT2D eigenvalue weighted by Crippen LogP contribution is -2.40. The number of pyridine rings is 1. The van der Waals surface area contributed by atoms with Gasteiger partial charge in [-0.05, 0) is 42.0 Å². The number of thiophene rings is 1. The van der Waals surface area contributed by atoms with Crippen LogP contribution in [0.4, 0.5) is 5.82 Å². The standard InChI is InChI=1S/C23H23N5OS2/c1-2-6-15(7-3-1)14-30-23-20-19(25-27-26-23)18-16-8-4-5-9-17(16)21(24-22(18)31-20)28-10-12-29-13-11-28/h1-3,6-7H,4-5,8-14H2/p+1. The number of H-pyrrole nitrogens is 1. The third-order valence-corrected chi connectivity index (χ3v) is 8.46. The minimum Gasteiger partial charge on any atom is -0.373 e. The van der Waals surface area contributed by atoms with Crippen molar-refractivity contribution in [1.82, 2.24) is 15.4 Å². The molecular formula is C23H24N5OS2+. The molecule has 1 N–H and O–H groups in total. The van der Waals surface area contributed by atoms with Gasteiger partial charge in [0.15, 0.2) is 4.83 Å². The predicted molar refractivity (Wildman–Crippen MR) is 125 cm³/mol. The summed E-state index contributed by atoms with van der Waals surface area (Å²) in [5.74, 6) is 2.17.